The van der Waals surface area contributed by atoms with Crippen molar-refractivity contribution in [3.05, 3.63) is 41.4 Å². The van der Waals surface area contributed by atoms with E-state index in [-0.39, 0.29) is 5.41 Å². The Morgan fingerprint density at radius 3 is 2.65 bits per heavy atom. The zero-order valence-corrected chi connectivity index (χ0v) is 13.5. The van der Waals surface area contributed by atoms with Gasteiger partial charge in [0.05, 0.1) is 0 Å². The third-order valence-electron chi connectivity index (χ3n) is 4.33. The highest BCUT2D eigenvalue weighted by Crippen LogP contribution is 2.41. The van der Waals surface area contributed by atoms with Crippen LogP contribution in [0.25, 0.3) is 0 Å². The molecule has 0 atom stereocenters. The van der Waals surface area contributed by atoms with Crippen molar-refractivity contribution in [2.45, 2.75) is 18.3 Å². The van der Waals surface area contributed by atoms with E-state index in [1.807, 2.05) is 19.2 Å². The van der Waals surface area contributed by atoms with Crippen molar-refractivity contribution in [2.24, 2.45) is 0 Å². The van der Waals surface area contributed by atoms with E-state index in [0.29, 0.717) is 5.88 Å². The summed E-state index contributed by atoms with van der Waals surface area (Å²) in [6.07, 6.45) is 4.21. The number of rotatable bonds is 5. The van der Waals surface area contributed by atoms with Gasteiger partial charge >= 0.3 is 0 Å². The monoisotopic (exact) mass is 312 g/mol. The Morgan fingerprint density at radius 1 is 1.40 bits per heavy atom. The summed E-state index contributed by atoms with van der Waals surface area (Å²) in [7, 11) is 1.95. The molecule has 1 aromatic rings. The zero-order valence-electron chi connectivity index (χ0n) is 12.0. The summed E-state index contributed by atoms with van der Waals surface area (Å²) in [6, 6.07) is 6.05. The highest BCUT2D eigenvalue weighted by molar-refractivity contribution is 6.30. The van der Waals surface area contributed by atoms with Crippen molar-refractivity contribution in [2.75, 3.05) is 37.9 Å². The number of anilines is 1. The maximum absolute atomic E-state index is 6.20. The van der Waals surface area contributed by atoms with Gasteiger partial charge in [-0.1, -0.05) is 17.7 Å². The van der Waals surface area contributed by atoms with Crippen LogP contribution in [-0.4, -0.2) is 37.5 Å². The number of piperidine rings is 1. The van der Waals surface area contributed by atoms with Crippen molar-refractivity contribution < 1.29 is 0 Å². The molecule has 2 rings (SSSR count). The van der Waals surface area contributed by atoms with E-state index in [1.165, 1.54) is 5.56 Å². The summed E-state index contributed by atoms with van der Waals surface area (Å²) in [6.45, 7) is 7.16. The molecule has 0 bridgehead atoms. The first kappa shape index (κ1) is 15.7. The Bertz CT molecular complexity index is 466. The molecule has 1 saturated heterocycles. The molecule has 0 amide bonds. The van der Waals surface area contributed by atoms with Crippen molar-refractivity contribution in [3.8, 4) is 0 Å². The molecule has 0 saturated carbocycles. The van der Waals surface area contributed by atoms with E-state index in [0.717, 1.165) is 43.2 Å². The lowest BCUT2D eigenvalue weighted by atomic mass is 9.72. The number of hydrogen-bond donors (Lipinski definition) is 1. The molecule has 110 valence electrons. The third kappa shape index (κ3) is 3.13. The Kier molecular flexibility index (Phi) is 5.36. The maximum Gasteiger partial charge on any atom is 0.0410 e. The molecule has 20 heavy (non-hydrogen) atoms. The third-order valence-corrected chi connectivity index (χ3v) is 4.73. The van der Waals surface area contributed by atoms with E-state index in [9.17, 15) is 0 Å². The molecule has 0 radical (unpaired) electrons. The van der Waals surface area contributed by atoms with Crippen LogP contribution in [-0.2, 0) is 5.41 Å². The molecule has 1 N–H and O–H groups in total. The number of allylic oxidation sites excluding steroid dienone is 1. The molecule has 4 heteroatoms. The predicted molar refractivity (Wildman–Crippen MR) is 89.3 cm³/mol. The summed E-state index contributed by atoms with van der Waals surface area (Å²) in [4.78, 5) is 2.42. The minimum atomic E-state index is 0.00601. The molecular formula is C16H22Cl2N2. The molecule has 0 spiro atoms. The zero-order chi connectivity index (χ0) is 14.6. The Balaban J connectivity index is 2.29. The first-order chi connectivity index (χ1) is 9.65. The fourth-order valence-corrected chi connectivity index (χ4v) is 3.44. The molecule has 2 nitrogen and oxygen atoms in total. The first-order valence-electron chi connectivity index (χ1n) is 7.05. The summed E-state index contributed by atoms with van der Waals surface area (Å²) >= 11 is 12.0. The van der Waals surface area contributed by atoms with E-state index in [4.69, 9.17) is 23.2 Å². The fraction of sp³-hybridized carbons (Fsp3) is 0.500. The lowest BCUT2D eigenvalue weighted by Crippen LogP contribution is -2.42. The molecule has 1 aromatic carbocycles. The van der Waals surface area contributed by atoms with Crippen LogP contribution in [0.4, 0.5) is 5.69 Å². The highest BCUT2D eigenvalue weighted by Gasteiger charge is 2.35. The SMILES string of the molecule is C=CC1(c2cc(Cl)ccc2NC)CCN(CCCl)CC1. The van der Waals surface area contributed by atoms with Crippen LogP contribution >= 0.6 is 23.2 Å². The van der Waals surface area contributed by atoms with Gasteiger partial charge in [-0.25, -0.2) is 0 Å². The van der Waals surface area contributed by atoms with Crippen LogP contribution in [0.3, 0.4) is 0 Å². The fourth-order valence-electron chi connectivity index (χ4n) is 3.03. The van der Waals surface area contributed by atoms with E-state index >= 15 is 0 Å². The van der Waals surface area contributed by atoms with Crippen LogP contribution in [0.1, 0.15) is 18.4 Å². The average molecular weight is 313 g/mol. The number of halogens is 2. The number of nitrogens with zero attached hydrogens (tertiary/aromatic N) is 1. The van der Waals surface area contributed by atoms with Crippen molar-refractivity contribution in [1.29, 1.82) is 0 Å². The van der Waals surface area contributed by atoms with Crippen LogP contribution in [0.5, 0.6) is 0 Å². The molecule has 1 heterocycles. The van der Waals surface area contributed by atoms with Gasteiger partial charge in [0, 0.05) is 35.6 Å². The average Bonchev–Trinajstić information content (AvgIpc) is 2.48. The van der Waals surface area contributed by atoms with Crippen molar-refractivity contribution >= 4 is 28.9 Å². The molecule has 0 aromatic heterocycles. The number of nitrogens with one attached hydrogen (secondary N) is 1. The van der Waals surface area contributed by atoms with E-state index < -0.39 is 0 Å². The normalized spacial score (nSPS) is 18.8. The molecule has 0 unspecified atom stereocenters. The molecular weight excluding hydrogens is 291 g/mol. The van der Waals surface area contributed by atoms with Gasteiger partial charge in [0.25, 0.3) is 0 Å². The highest BCUT2D eigenvalue weighted by atomic mass is 35.5. The summed E-state index contributed by atoms with van der Waals surface area (Å²) in [5.41, 5.74) is 2.40. The van der Waals surface area contributed by atoms with Crippen LogP contribution < -0.4 is 5.32 Å². The first-order valence-corrected chi connectivity index (χ1v) is 7.96. The number of alkyl halides is 1. The molecule has 1 aliphatic heterocycles. The Morgan fingerprint density at radius 2 is 2.10 bits per heavy atom. The van der Waals surface area contributed by atoms with Gasteiger partial charge in [-0.2, -0.15) is 0 Å². The second-order valence-electron chi connectivity index (χ2n) is 5.33. The summed E-state index contributed by atoms with van der Waals surface area (Å²) in [5, 5.41) is 4.06. The van der Waals surface area contributed by atoms with Crippen LogP contribution in [0.15, 0.2) is 30.9 Å². The minimum absolute atomic E-state index is 0.00601. The second-order valence-corrected chi connectivity index (χ2v) is 6.15. The van der Waals surface area contributed by atoms with Gasteiger partial charge in [0.1, 0.15) is 0 Å². The van der Waals surface area contributed by atoms with Gasteiger partial charge in [-0.15, -0.1) is 18.2 Å². The summed E-state index contributed by atoms with van der Waals surface area (Å²) in [5.74, 6) is 0.694. The van der Waals surface area contributed by atoms with Gasteiger partial charge in [0.2, 0.25) is 0 Å². The number of benzene rings is 1. The Hall–Kier alpha value is -0.700. The maximum atomic E-state index is 6.20. The second kappa shape index (κ2) is 6.84. The summed E-state index contributed by atoms with van der Waals surface area (Å²) < 4.78 is 0. The van der Waals surface area contributed by atoms with Gasteiger partial charge < -0.3 is 10.2 Å². The smallest absolute Gasteiger partial charge is 0.0410 e. The lowest BCUT2D eigenvalue weighted by molar-refractivity contribution is 0.192. The van der Waals surface area contributed by atoms with Crippen molar-refractivity contribution in [1.82, 2.24) is 4.90 Å². The Labute approximate surface area is 131 Å². The quantitative estimate of drug-likeness (QED) is 0.649. The topological polar surface area (TPSA) is 15.3 Å². The number of hydrogen-bond acceptors (Lipinski definition) is 2. The minimum Gasteiger partial charge on any atom is -0.388 e. The van der Waals surface area contributed by atoms with Crippen molar-refractivity contribution in [3.63, 3.8) is 0 Å². The number of likely N-dealkylation sites (tertiary alicyclic amines) is 1. The van der Waals surface area contributed by atoms with Crippen LogP contribution in [0.2, 0.25) is 5.02 Å². The standard InChI is InChI=1S/C16H22Cl2N2/c1-3-16(6-9-20(10-7-16)11-8-17)14-12-13(18)4-5-15(14)19-2/h3-5,12,19H,1,6-11H2,2H3. The van der Waals surface area contributed by atoms with E-state index in [2.05, 4.69) is 28.9 Å². The molecule has 1 aliphatic rings. The largest absolute Gasteiger partial charge is 0.388 e. The molecule has 1 fully saturated rings. The van der Waals surface area contributed by atoms with Gasteiger partial charge in [0.15, 0.2) is 0 Å². The van der Waals surface area contributed by atoms with Crippen LogP contribution in [0, 0.1) is 0 Å². The lowest BCUT2D eigenvalue weighted by Gasteiger charge is -2.41. The van der Waals surface area contributed by atoms with E-state index in [1.54, 1.807) is 0 Å². The molecule has 0 aliphatic carbocycles. The predicted octanol–water partition coefficient (Wildman–Crippen LogP) is 4.14. The van der Waals surface area contributed by atoms with Gasteiger partial charge in [-0.05, 0) is 49.7 Å². The van der Waals surface area contributed by atoms with Gasteiger partial charge in [-0.3, -0.25) is 0 Å².